The number of benzene rings is 1. The molecule has 0 aliphatic carbocycles. The van der Waals surface area contributed by atoms with Crippen LogP contribution in [0, 0.1) is 0 Å². The number of phenols is 1. The van der Waals surface area contributed by atoms with Gasteiger partial charge in [0.1, 0.15) is 21.5 Å². The molecule has 0 fully saturated rings. The number of phenolic OH excluding ortho intramolecular Hbond substituents is 1. The highest BCUT2D eigenvalue weighted by molar-refractivity contribution is 6.43. The van der Waals surface area contributed by atoms with Crippen molar-refractivity contribution >= 4 is 29.2 Å². The van der Waals surface area contributed by atoms with Crippen molar-refractivity contribution in [3.8, 4) is 11.5 Å². The van der Waals surface area contributed by atoms with Gasteiger partial charge in [0, 0.05) is 0 Å². The van der Waals surface area contributed by atoms with E-state index >= 15 is 0 Å². The first kappa shape index (κ1) is 10.9. The first-order valence-electron chi connectivity index (χ1n) is 3.54. The summed E-state index contributed by atoms with van der Waals surface area (Å²) in [5.41, 5.74) is 0. The molecule has 0 aliphatic heterocycles. The van der Waals surface area contributed by atoms with Crippen molar-refractivity contribution in [1.29, 1.82) is 0 Å². The summed E-state index contributed by atoms with van der Waals surface area (Å²) in [6, 6.07) is 2.61. The minimum Gasteiger partial charge on any atom is -0.506 e. The van der Waals surface area contributed by atoms with Gasteiger partial charge in [0.15, 0.2) is 6.61 Å². The molecular weight excluding hydrogens is 231 g/mol. The summed E-state index contributed by atoms with van der Waals surface area (Å²) in [5, 5.41) is 17.4. The molecule has 0 bridgehead atoms. The van der Waals surface area contributed by atoms with Crippen LogP contribution in [0.1, 0.15) is 0 Å². The Morgan fingerprint density at radius 2 is 2.00 bits per heavy atom. The maximum absolute atomic E-state index is 10.2. The number of hydrogen-bond acceptors (Lipinski definition) is 3. The zero-order valence-corrected chi connectivity index (χ0v) is 8.34. The van der Waals surface area contributed by atoms with E-state index in [0.29, 0.717) is 0 Å². The summed E-state index contributed by atoms with van der Waals surface area (Å²) < 4.78 is 4.81. The van der Waals surface area contributed by atoms with Crippen LogP contribution in [0.25, 0.3) is 0 Å². The van der Waals surface area contributed by atoms with Crippen LogP contribution in [-0.2, 0) is 4.79 Å². The monoisotopic (exact) mass is 236 g/mol. The first-order chi connectivity index (χ1) is 6.52. The lowest BCUT2D eigenvalue weighted by Gasteiger charge is -2.07. The van der Waals surface area contributed by atoms with Gasteiger partial charge >= 0.3 is 5.97 Å². The number of aliphatic carboxylic acids is 1. The molecule has 0 atom stereocenters. The van der Waals surface area contributed by atoms with Crippen LogP contribution in [0.3, 0.4) is 0 Å². The van der Waals surface area contributed by atoms with Crippen LogP contribution < -0.4 is 4.74 Å². The lowest BCUT2D eigenvalue weighted by atomic mass is 10.3. The Kier molecular flexibility index (Phi) is 3.43. The Morgan fingerprint density at radius 3 is 2.57 bits per heavy atom. The van der Waals surface area contributed by atoms with Crippen LogP contribution in [0.5, 0.6) is 11.5 Å². The van der Waals surface area contributed by atoms with E-state index in [1.807, 2.05) is 0 Å². The van der Waals surface area contributed by atoms with Crippen molar-refractivity contribution in [2.45, 2.75) is 0 Å². The largest absolute Gasteiger partial charge is 0.506 e. The van der Waals surface area contributed by atoms with Gasteiger partial charge in [-0.3, -0.25) is 0 Å². The number of halogens is 2. The topological polar surface area (TPSA) is 66.8 Å². The van der Waals surface area contributed by atoms with E-state index in [1.54, 1.807) is 0 Å². The average molecular weight is 237 g/mol. The van der Waals surface area contributed by atoms with Gasteiger partial charge < -0.3 is 14.9 Å². The number of hydrogen-bond donors (Lipinski definition) is 2. The number of carboxylic acids is 1. The molecule has 0 saturated carbocycles. The highest BCUT2D eigenvalue weighted by Crippen LogP contribution is 2.37. The zero-order valence-electron chi connectivity index (χ0n) is 6.83. The molecule has 0 aromatic heterocycles. The quantitative estimate of drug-likeness (QED) is 0.845. The maximum atomic E-state index is 10.2. The van der Waals surface area contributed by atoms with E-state index in [1.165, 1.54) is 12.1 Å². The van der Waals surface area contributed by atoms with Crippen molar-refractivity contribution in [1.82, 2.24) is 0 Å². The summed E-state index contributed by atoms with van der Waals surface area (Å²) in [6.07, 6.45) is 0. The third-order valence-electron chi connectivity index (χ3n) is 1.38. The van der Waals surface area contributed by atoms with Gasteiger partial charge in [0.05, 0.1) is 0 Å². The summed E-state index contributed by atoms with van der Waals surface area (Å²) in [5.74, 6) is -1.18. The highest BCUT2D eigenvalue weighted by atomic mass is 35.5. The Labute approximate surface area is 89.6 Å². The molecule has 6 heteroatoms. The molecule has 0 saturated heterocycles. The summed E-state index contributed by atoms with van der Waals surface area (Å²) in [4.78, 5) is 10.2. The number of aromatic hydroxyl groups is 1. The Balaban J connectivity index is 2.88. The molecule has 76 valence electrons. The van der Waals surface area contributed by atoms with Crippen molar-refractivity contribution < 1.29 is 19.7 Å². The SMILES string of the molecule is O=C(O)COc1ccc(O)c(Cl)c1Cl. The number of carbonyl (C=O) groups is 1. The van der Waals surface area contributed by atoms with Crippen LogP contribution in [0.15, 0.2) is 12.1 Å². The molecule has 1 aromatic carbocycles. The summed E-state index contributed by atoms with van der Waals surface area (Å²) >= 11 is 11.3. The summed E-state index contributed by atoms with van der Waals surface area (Å²) in [6.45, 7) is -0.513. The number of rotatable bonds is 3. The second-order valence-corrected chi connectivity index (χ2v) is 3.15. The number of carboxylic acid groups (broad SMARTS) is 1. The van der Waals surface area contributed by atoms with E-state index in [0.717, 1.165) is 0 Å². The van der Waals surface area contributed by atoms with E-state index in [2.05, 4.69) is 0 Å². The predicted octanol–water partition coefficient (Wildman–Crippen LogP) is 2.16. The lowest BCUT2D eigenvalue weighted by Crippen LogP contribution is -2.09. The van der Waals surface area contributed by atoms with E-state index < -0.39 is 12.6 Å². The minimum atomic E-state index is -1.12. The standard InChI is InChI=1S/C8H6Cl2O4/c9-7-4(11)1-2-5(8(7)10)14-3-6(12)13/h1-2,11H,3H2,(H,12,13). The van der Waals surface area contributed by atoms with Crippen LogP contribution >= 0.6 is 23.2 Å². The van der Waals surface area contributed by atoms with Gasteiger partial charge in [0.25, 0.3) is 0 Å². The van der Waals surface area contributed by atoms with E-state index in [9.17, 15) is 4.79 Å². The lowest BCUT2D eigenvalue weighted by molar-refractivity contribution is -0.139. The van der Waals surface area contributed by atoms with Crippen molar-refractivity contribution in [2.75, 3.05) is 6.61 Å². The second-order valence-electron chi connectivity index (χ2n) is 2.39. The molecule has 1 aromatic rings. The molecule has 0 unspecified atom stereocenters. The smallest absolute Gasteiger partial charge is 0.341 e. The van der Waals surface area contributed by atoms with E-state index in [-0.39, 0.29) is 21.5 Å². The van der Waals surface area contributed by atoms with Gasteiger partial charge in [-0.05, 0) is 12.1 Å². The second kappa shape index (κ2) is 4.39. The van der Waals surface area contributed by atoms with Crippen molar-refractivity contribution in [3.05, 3.63) is 22.2 Å². The third-order valence-corrected chi connectivity index (χ3v) is 2.23. The Bertz CT molecular complexity index is 365. The van der Waals surface area contributed by atoms with Crippen molar-refractivity contribution in [3.63, 3.8) is 0 Å². The van der Waals surface area contributed by atoms with E-state index in [4.69, 9.17) is 38.2 Å². The molecule has 0 amide bonds. The molecule has 2 N–H and O–H groups in total. The zero-order chi connectivity index (χ0) is 10.7. The molecule has 0 radical (unpaired) electrons. The van der Waals surface area contributed by atoms with Crippen molar-refractivity contribution in [2.24, 2.45) is 0 Å². The maximum Gasteiger partial charge on any atom is 0.341 e. The fourth-order valence-corrected chi connectivity index (χ4v) is 1.14. The third kappa shape index (κ3) is 2.43. The first-order valence-corrected chi connectivity index (χ1v) is 4.29. The number of ether oxygens (including phenoxy) is 1. The van der Waals surface area contributed by atoms with Crippen LogP contribution in [0.2, 0.25) is 10.0 Å². The molecule has 1 rings (SSSR count). The highest BCUT2D eigenvalue weighted by Gasteiger charge is 2.11. The van der Waals surface area contributed by atoms with Gasteiger partial charge in [0.2, 0.25) is 0 Å². The average Bonchev–Trinajstić information content (AvgIpc) is 2.13. The molecule has 0 heterocycles. The Hall–Kier alpha value is -1.13. The minimum absolute atomic E-state index is 0.00656. The molecular formula is C8H6Cl2O4. The van der Waals surface area contributed by atoms with Gasteiger partial charge in [-0.15, -0.1) is 0 Å². The molecule has 4 nitrogen and oxygen atoms in total. The van der Waals surface area contributed by atoms with Gasteiger partial charge in [-0.2, -0.15) is 0 Å². The predicted molar refractivity (Wildman–Crippen MR) is 51.3 cm³/mol. The molecule has 0 spiro atoms. The van der Waals surface area contributed by atoms with Gasteiger partial charge in [-0.25, -0.2) is 4.79 Å². The van der Waals surface area contributed by atoms with Gasteiger partial charge in [-0.1, -0.05) is 23.2 Å². The molecule has 14 heavy (non-hydrogen) atoms. The normalized spacial score (nSPS) is 9.86. The van der Waals surface area contributed by atoms with Crippen LogP contribution in [0.4, 0.5) is 0 Å². The fourth-order valence-electron chi connectivity index (χ4n) is 0.773. The van der Waals surface area contributed by atoms with Crippen LogP contribution in [-0.4, -0.2) is 22.8 Å². The Morgan fingerprint density at radius 1 is 1.36 bits per heavy atom. The summed E-state index contributed by atoms with van der Waals surface area (Å²) in [7, 11) is 0. The molecule has 0 aliphatic rings. The fraction of sp³-hybridized carbons (Fsp3) is 0.125.